The first kappa shape index (κ1) is 15.1. The minimum Gasteiger partial charge on any atom is -0.506 e. The lowest BCUT2D eigenvalue weighted by atomic mass is 10.1. The molecule has 0 atom stereocenters. The first-order chi connectivity index (χ1) is 9.88. The van der Waals surface area contributed by atoms with Crippen LogP contribution in [0.3, 0.4) is 0 Å². The number of hydrogen-bond donors (Lipinski definition) is 3. The zero-order valence-electron chi connectivity index (χ0n) is 11.1. The van der Waals surface area contributed by atoms with Crippen molar-refractivity contribution in [3.63, 3.8) is 0 Å². The molecule has 0 heterocycles. The maximum Gasteiger partial charge on any atom is 0.335 e. The van der Waals surface area contributed by atoms with Gasteiger partial charge in [0.1, 0.15) is 5.75 Å². The van der Waals surface area contributed by atoms with Crippen LogP contribution in [0, 0.1) is 6.92 Å². The number of carboxylic acids is 1. The van der Waals surface area contributed by atoms with Crippen LogP contribution in [0.15, 0.2) is 40.9 Å². The summed E-state index contributed by atoms with van der Waals surface area (Å²) in [5.41, 5.74) is 1.53. The summed E-state index contributed by atoms with van der Waals surface area (Å²) in [6.45, 7) is 1.90. The molecular weight excluding hydrogens is 338 g/mol. The molecule has 0 bridgehead atoms. The SMILES string of the molecule is Cc1ccc(C(=O)Nc2ccc(C(=O)O)cc2O)cc1Br. The molecule has 5 nitrogen and oxygen atoms in total. The van der Waals surface area contributed by atoms with Crippen LogP contribution in [0.4, 0.5) is 5.69 Å². The fourth-order valence-electron chi connectivity index (χ4n) is 1.70. The number of halogens is 1. The van der Waals surface area contributed by atoms with Crippen LogP contribution in [0.25, 0.3) is 0 Å². The van der Waals surface area contributed by atoms with Crippen LogP contribution in [0.5, 0.6) is 5.75 Å². The number of aromatic carboxylic acids is 1. The summed E-state index contributed by atoms with van der Waals surface area (Å²) in [6.07, 6.45) is 0. The van der Waals surface area contributed by atoms with Gasteiger partial charge in [0.25, 0.3) is 5.91 Å². The Morgan fingerprint density at radius 3 is 2.33 bits per heavy atom. The third-order valence-corrected chi connectivity index (χ3v) is 3.78. The van der Waals surface area contributed by atoms with Crippen LogP contribution in [0.2, 0.25) is 0 Å². The number of carbonyl (C=O) groups is 2. The van der Waals surface area contributed by atoms with E-state index in [1.807, 2.05) is 6.92 Å². The topological polar surface area (TPSA) is 86.6 Å². The normalized spacial score (nSPS) is 10.2. The van der Waals surface area contributed by atoms with E-state index in [9.17, 15) is 14.7 Å². The predicted molar refractivity (Wildman–Crippen MR) is 81.9 cm³/mol. The lowest BCUT2D eigenvalue weighted by Gasteiger charge is -2.09. The zero-order chi connectivity index (χ0) is 15.6. The molecule has 0 saturated heterocycles. The Kier molecular flexibility index (Phi) is 4.28. The van der Waals surface area contributed by atoms with E-state index in [1.54, 1.807) is 18.2 Å². The summed E-state index contributed by atoms with van der Waals surface area (Å²) in [5.74, 6) is -1.84. The number of carboxylic acid groups (broad SMARTS) is 1. The van der Waals surface area contributed by atoms with E-state index in [0.717, 1.165) is 16.1 Å². The fourth-order valence-corrected chi connectivity index (χ4v) is 2.08. The molecule has 0 spiro atoms. The predicted octanol–water partition coefficient (Wildman–Crippen LogP) is 3.41. The largest absolute Gasteiger partial charge is 0.506 e. The summed E-state index contributed by atoms with van der Waals surface area (Å²) in [5, 5.41) is 21.1. The Morgan fingerprint density at radius 1 is 1.10 bits per heavy atom. The maximum atomic E-state index is 12.1. The van der Waals surface area contributed by atoms with Gasteiger partial charge in [0.15, 0.2) is 0 Å². The first-order valence-corrected chi connectivity index (χ1v) is 6.81. The van der Waals surface area contributed by atoms with E-state index in [2.05, 4.69) is 21.2 Å². The quantitative estimate of drug-likeness (QED) is 0.741. The van der Waals surface area contributed by atoms with Gasteiger partial charge in [-0.25, -0.2) is 4.79 Å². The number of carbonyl (C=O) groups excluding carboxylic acids is 1. The van der Waals surface area contributed by atoms with Crippen molar-refractivity contribution in [1.82, 2.24) is 0 Å². The van der Waals surface area contributed by atoms with Crippen molar-refractivity contribution in [2.75, 3.05) is 5.32 Å². The van der Waals surface area contributed by atoms with E-state index in [0.29, 0.717) is 5.56 Å². The molecule has 0 unspecified atom stereocenters. The second-order valence-corrected chi connectivity index (χ2v) is 5.31. The molecule has 0 saturated carbocycles. The van der Waals surface area contributed by atoms with E-state index in [-0.39, 0.29) is 17.0 Å². The molecule has 0 aliphatic carbocycles. The third kappa shape index (κ3) is 3.41. The smallest absolute Gasteiger partial charge is 0.335 e. The summed E-state index contributed by atoms with van der Waals surface area (Å²) >= 11 is 3.35. The molecule has 2 aromatic rings. The highest BCUT2D eigenvalue weighted by molar-refractivity contribution is 9.10. The van der Waals surface area contributed by atoms with Crippen molar-refractivity contribution >= 4 is 33.5 Å². The minimum atomic E-state index is -1.15. The van der Waals surface area contributed by atoms with E-state index >= 15 is 0 Å². The van der Waals surface area contributed by atoms with Crippen molar-refractivity contribution in [2.45, 2.75) is 6.92 Å². The molecule has 3 N–H and O–H groups in total. The molecule has 0 aromatic heterocycles. The van der Waals surface area contributed by atoms with E-state index in [4.69, 9.17) is 5.11 Å². The van der Waals surface area contributed by atoms with Gasteiger partial charge in [0, 0.05) is 10.0 Å². The first-order valence-electron chi connectivity index (χ1n) is 6.02. The molecular formula is C15H12BrNO4. The minimum absolute atomic E-state index is 0.0522. The van der Waals surface area contributed by atoms with Crippen LogP contribution in [0.1, 0.15) is 26.3 Å². The van der Waals surface area contributed by atoms with Gasteiger partial charge in [0.05, 0.1) is 11.3 Å². The summed E-state index contributed by atoms with van der Waals surface area (Å²) in [6, 6.07) is 8.88. The number of amides is 1. The van der Waals surface area contributed by atoms with Crippen LogP contribution < -0.4 is 5.32 Å². The number of aryl methyl sites for hydroxylation is 1. The van der Waals surface area contributed by atoms with Gasteiger partial charge in [-0.1, -0.05) is 22.0 Å². The van der Waals surface area contributed by atoms with Gasteiger partial charge in [-0.2, -0.15) is 0 Å². The molecule has 108 valence electrons. The van der Waals surface area contributed by atoms with Crippen molar-refractivity contribution in [3.05, 3.63) is 57.6 Å². The number of aromatic hydroxyl groups is 1. The summed E-state index contributed by atoms with van der Waals surface area (Å²) in [4.78, 5) is 22.9. The van der Waals surface area contributed by atoms with Crippen molar-refractivity contribution in [2.24, 2.45) is 0 Å². The number of hydrogen-bond acceptors (Lipinski definition) is 3. The van der Waals surface area contributed by atoms with Gasteiger partial charge >= 0.3 is 5.97 Å². The monoisotopic (exact) mass is 349 g/mol. The Hall–Kier alpha value is -2.34. The van der Waals surface area contributed by atoms with Crippen LogP contribution >= 0.6 is 15.9 Å². The lowest BCUT2D eigenvalue weighted by Crippen LogP contribution is -2.12. The Bertz CT molecular complexity index is 728. The second-order valence-electron chi connectivity index (χ2n) is 4.46. The summed E-state index contributed by atoms with van der Waals surface area (Å²) in [7, 11) is 0. The van der Waals surface area contributed by atoms with Crippen molar-refractivity contribution in [1.29, 1.82) is 0 Å². The van der Waals surface area contributed by atoms with Crippen LogP contribution in [-0.2, 0) is 0 Å². The Balaban J connectivity index is 2.23. The van der Waals surface area contributed by atoms with Gasteiger partial charge in [0.2, 0.25) is 0 Å². The molecule has 1 amide bonds. The average Bonchev–Trinajstić information content (AvgIpc) is 2.43. The second kappa shape index (κ2) is 5.97. The Labute approximate surface area is 129 Å². The highest BCUT2D eigenvalue weighted by Gasteiger charge is 2.12. The number of phenolic OH excluding ortho intramolecular Hbond substituents is 1. The number of nitrogens with one attached hydrogen (secondary N) is 1. The number of phenols is 1. The Morgan fingerprint density at radius 2 is 1.76 bits per heavy atom. The molecule has 0 aliphatic rings. The molecule has 0 aliphatic heterocycles. The standard InChI is InChI=1S/C15H12BrNO4/c1-8-2-3-9(6-11(8)16)14(19)17-12-5-4-10(15(20)21)7-13(12)18/h2-7,18H,1H3,(H,17,19)(H,20,21). The number of anilines is 1. The van der Waals surface area contributed by atoms with Gasteiger partial charge in [-0.15, -0.1) is 0 Å². The van der Waals surface area contributed by atoms with E-state index in [1.165, 1.54) is 12.1 Å². The zero-order valence-corrected chi connectivity index (χ0v) is 12.6. The molecule has 21 heavy (non-hydrogen) atoms. The van der Waals surface area contributed by atoms with Crippen molar-refractivity contribution < 1.29 is 19.8 Å². The van der Waals surface area contributed by atoms with Gasteiger partial charge < -0.3 is 15.5 Å². The number of benzene rings is 2. The molecule has 2 aromatic carbocycles. The number of rotatable bonds is 3. The van der Waals surface area contributed by atoms with Gasteiger partial charge in [-0.05, 0) is 42.8 Å². The summed E-state index contributed by atoms with van der Waals surface area (Å²) < 4.78 is 0.806. The highest BCUT2D eigenvalue weighted by Crippen LogP contribution is 2.25. The fraction of sp³-hybridized carbons (Fsp3) is 0.0667. The molecule has 0 fully saturated rings. The third-order valence-electron chi connectivity index (χ3n) is 2.93. The van der Waals surface area contributed by atoms with Crippen LogP contribution in [-0.4, -0.2) is 22.1 Å². The van der Waals surface area contributed by atoms with Crippen molar-refractivity contribution in [3.8, 4) is 5.75 Å². The average molecular weight is 350 g/mol. The molecule has 2 rings (SSSR count). The molecule has 0 radical (unpaired) electrons. The molecule has 6 heteroatoms. The maximum absolute atomic E-state index is 12.1. The highest BCUT2D eigenvalue weighted by atomic mass is 79.9. The van der Waals surface area contributed by atoms with Gasteiger partial charge in [-0.3, -0.25) is 4.79 Å². The van der Waals surface area contributed by atoms with E-state index < -0.39 is 11.9 Å². The lowest BCUT2D eigenvalue weighted by molar-refractivity contribution is 0.0696.